The molecule has 2 rings (SSSR count). The number of esters is 1. The lowest BCUT2D eigenvalue weighted by atomic mass is 10.1. The van der Waals surface area contributed by atoms with E-state index in [0.717, 1.165) is 5.56 Å². The van der Waals surface area contributed by atoms with E-state index >= 15 is 0 Å². The van der Waals surface area contributed by atoms with E-state index in [1.165, 1.54) is 7.11 Å². The molecule has 0 saturated carbocycles. The van der Waals surface area contributed by atoms with Crippen molar-refractivity contribution in [2.75, 3.05) is 26.1 Å². The van der Waals surface area contributed by atoms with Crippen molar-refractivity contribution in [2.45, 2.75) is 6.42 Å². The lowest BCUT2D eigenvalue weighted by molar-refractivity contribution is -0.142. The minimum absolute atomic E-state index is 0.00628. The van der Waals surface area contributed by atoms with Crippen molar-refractivity contribution in [3.63, 3.8) is 0 Å². The third kappa shape index (κ3) is 7.60. The van der Waals surface area contributed by atoms with E-state index in [0.29, 0.717) is 11.3 Å². The number of rotatable bonds is 10. The van der Waals surface area contributed by atoms with Crippen molar-refractivity contribution in [2.24, 2.45) is 0 Å². The molecule has 0 aromatic heterocycles. The molecular formula is C22H23ClN2O5. The number of hydrogen-bond acceptors (Lipinski definition) is 5. The minimum atomic E-state index is -0.522. The van der Waals surface area contributed by atoms with Crippen LogP contribution in [-0.4, -0.2) is 43.9 Å². The van der Waals surface area contributed by atoms with Gasteiger partial charge in [-0.25, -0.2) is 0 Å². The van der Waals surface area contributed by atoms with Gasteiger partial charge in [0.25, 0.3) is 11.8 Å². The zero-order chi connectivity index (χ0) is 21.8. The Kier molecular flexibility index (Phi) is 9.40. The molecule has 0 bridgehead atoms. The third-order valence-corrected chi connectivity index (χ3v) is 4.06. The van der Waals surface area contributed by atoms with Crippen molar-refractivity contribution < 1.29 is 23.9 Å². The number of methoxy groups -OCH3 is 1. The van der Waals surface area contributed by atoms with Crippen LogP contribution in [0.15, 0.2) is 60.3 Å². The number of ether oxygens (including phenoxy) is 2. The summed E-state index contributed by atoms with van der Waals surface area (Å²) in [6.45, 7) is 0.176. The number of benzene rings is 2. The Balaban J connectivity index is 2.08. The van der Waals surface area contributed by atoms with Crippen molar-refractivity contribution in [1.82, 2.24) is 10.6 Å². The molecule has 0 aliphatic carbocycles. The van der Waals surface area contributed by atoms with Crippen LogP contribution in [0.3, 0.4) is 0 Å². The zero-order valence-corrected chi connectivity index (χ0v) is 17.3. The Labute approximate surface area is 180 Å². The van der Waals surface area contributed by atoms with E-state index in [-0.39, 0.29) is 31.1 Å². The maximum atomic E-state index is 12.6. The van der Waals surface area contributed by atoms with Crippen LogP contribution in [0.1, 0.15) is 22.3 Å². The largest absolute Gasteiger partial charge is 0.497 e. The van der Waals surface area contributed by atoms with Crippen LogP contribution in [0.5, 0.6) is 5.75 Å². The second kappa shape index (κ2) is 12.3. The fourth-order valence-corrected chi connectivity index (χ4v) is 2.49. The first-order chi connectivity index (χ1) is 14.5. The zero-order valence-electron chi connectivity index (χ0n) is 16.5. The standard InChI is InChI=1S/C22H23ClN2O5/c1-29-18-9-7-17(8-10-18)21(27)25-19(15-16-5-3-2-4-6-16)22(28)24-13-11-20(26)30-14-12-23/h2-10,15H,11-14H2,1H3,(H,24,28)(H,25,27)/b19-15+. The van der Waals surface area contributed by atoms with Gasteiger partial charge in [-0.3, -0.25) is 14.4 Å². The molecule has 2 amide bonds. The Morgan fingerprint density at radius 2 is 1.73 bits per heavy atom. The second-order valence-electron chi connectivity index (χ2n) is 6.07. The molecule has 0 unspecified atom stereocenters. The van der Waals surface area contributed by atoms with E-state index in [1.807, 2.05) is 18.2 Å². The Hall–Kier alpha value is -3.32. The lowest BCUT2D eigenvalue weighted by Gasteiger charge is -2.11. The number of carbonyl (C=O) groups is 3. The van der Waals surface area contributed by atoms with E-state index in [2.05, 4.69) is 10.6 Å². The Bertz CT molecular complexity index is 882. The quantitative estimate of drug-likeness (QED) is 0.343. The number of hydrogen-bond donors (Lipinski definition) is 2. The van der Waals surface area contributed by atoms with E-state index in [1.54, 1.807) is 42.5 Å². The lowest BCUT2D eigenvalue weighted by Crippen LogP contribution is -2.36. The number of nitrogens with one attached hydrogen (secondary N) is 2. The van der Waals surface area contributed by atoms with Gasteiger partial charge >= 0.3 is 5.97 Å². The van der Waals surface area contributed by atoms with Crippen molar-refractivity contribution >= 4 is 35.5 Å². The van der Waals surface area contributed by atoms with Crippen LogP contribution in [0, 0.1) is 0 Å². The summed E-state index contributed by atoms with van der Waals surface area (Å²) in [7, 11) is 1.53. The number of amides is 2. The van der Waals surface area contributed by atoms with E-state index in [9.17, 15) is 14.4 Å². The average Bonchev–Trinajstić information content (AvgIpc) is 2.77. The molecule has 7 nitrogen and oxygen atoms in total. The normalized spacial score (nSPS) is 10.8. The van der Waals surface area contributed by atoms with Gasteiger partial charge in [0.2, 0.25) is 0 Å². The Morgan fingerprint density at radius 3 is 2.37 bits per heavy atom. The summed E-state index contributed by atoms with van der Waals surface area (Å²) in [5.74, 6) is -0.612. The summed E-state index contributed by atoms with van der Waals surface area (Å²) < 4.78 is 9.94. The van der Waals surface area contributed by atoms with Crippen LogP contribution in [-0.2, 0) is 14.3 Å². The van der Waals surface area contributed by atoms with Gasteiger partial charge in [0.15, 0.2) is 0 Å². The number of halogens is 1. The molecule has 0 fully saturated rings. The molecule has 2 N–H and O–H groups in total. The highest BCUT2D eigenvalue weighted by molar-refractivity contribution is 6.18. The monoisotopic (exact) mass is 430 g/mol. The molecule has 30 heavy (non-hydrogen) atoms. The molecule has 0 saturated heterocycles. The number of alkyl halides is 1. The van der Waals surface area contributed by atoms with Gasteiger partial charge in [-0.2, -0.15) is 0 Å². The van der Waals surface area contributed by atoms with Crippen molar-refractivity contribution in [3.8, 4) is 5.75 Å². The minimum Gasteiger partial charge on any atom is -0.497 e. The van der Waals surface area contributed by atoms with Gasteiger partial charge < -0.3 is 20.1 Å². The van der Waals surface area contributed by atoms with Crippen LogP contribution < -0.4 is 15.4 Å². The van der Waals surface area contributed by atoms with Gasteiger partial charge in [0.1, 0.15) is 18.1 Å². The van der Waals surface area contributed by atoms with Crippen molar-refractivity contribution in [3.05, 3.63) is 71.4 Å². The molecule has 0 aliphatic rings. The predicted molar refractivity (Wildman–Crippen MR) is 114 cm³/mol. The summed E-state index contributed by atoms with van der Waals surface area (Å²) in [4.78, 5) is 36.7. The van der Waals surface area contributed by atoms with Gasteiger partial charge in [0.05, 0.1) is 19.4 Å². The predicted octanol–water partition coefficient (Wildman–Crippen LogP) is 2.75. The fraction of sp³-hybridized carbons (Fsp3) is 0.227. The smallest absolute Gasteiger partial charge is 0.307 e. The van der Waals surface area contributed by atoms with Crippen molar-refractivity contribution in [1.29, 1.82) is 0 Å². The molecule has 0 aliphatic heterocycles. The molecule has 2 aromatic rings. The summed E-state index contributed by atoms with van der Waals surface area (Å²) in [6.07, 6.45) is 1.55. The number of carbonyl (C=O) groups excluding carboxylic acids is 3. The second-order valence-corrected chi connectivity index (χ2v) is 6.44. The van der Waals surface area contributed by atoms with Crippen LogP contribution >= 0.6 is 11.6 Å². The first-order valence-electron chi connectivity index (χ1n) is 9.25. The summed E-state index contributed by atoms with van der Waals surface area (Å²) in [5, 5.41) is 5.24. The van der Waals surface area contributed by atoms with Gasteiger partial charge in [0, 0.05) is 12.1 Å². The molecular weight excluding hydrogens is 408 g/mol. The van der Waals surface area contributed by atoms with Gasteiger partial charge in [-0.05, 0) is 35.9 Å². The SMILES string of the molecule is COc1ccc(C(=O)N/C(=C/c2ccccc2)C(=O)NCCC(=O)OCCCl)cc1. The third-order valence-electron chi connectivity index (χ3n) is 3.91. The highest BCUT2D eigenvalue weighted by Gasteiger charge is 2.15. The molecule has 2 aromatic carbocycles. The fourth-order valence-electron chi connectivity index (χ4n) is 2.41. The first-order valence-corrected chi connectivity index (χ1v) is 9.79. The maximum absolute atomic E-state index is 12.6. The molecule has 158 valence electrons. The average molecular weight is 431 g/mol. The topological polar surface area (TPSA) is 93.7 Å². The first kappa shape index (κ1) is 23.0. The summed E-state index contributed by atoms with van der Waals surface area (Å²) in [5.41, 5.74) is 1.16. The highest BCUT2D eigenvalue weighted by atomic mass is 35.5. The molecule has 0 heterocycles. The van der Waals surface area contributed by atoms with Gasteiger partial charge in [-0.1, -0.05) is 30.3 Å². The van der Waals surface area contributed by atoms with Crippen LogP contribution in [0.2, 0.25) is 0 Å². The van der Waals surface area contributed by atoms with E-state index < -0.39 is 17.8 Å². The van der Waals surface area contributed by atoms with Crippen LogP contribution in [0.4, 0.5) is 0 Å². The van der Waals surface area contributed by atoms with E-state index in [4.69, 9.17) is 21.1 Å². The highest BCUT2D eigenvalue weighted by Crippen LogP contribution is 2.12. The van der Waals surface area contributed by atoms with Crippen LogP contribution in [0.25, 0.3) is 6.08 Å². The van der Waals surface area contributed by atoms with Gasteiger partial charge in [-0.15, -0.1) is 11.6 Å². The molecule has 0 radical (unpaired) electrons. The molecule has 8 heteroatoms. The molecule has 0 spiro atoms. The summed E-state index contributed by atoms with van der Waals surface area (Å²) >= 11 is 5.46. The molecule has 0 atom stereocenters. The summed E-state index contributed by atoms with van der Waals surface area (Å²) in [6, 6.07) is 15.6. The Morgan fingerprint density at radius 1 is 1.03 bits per heavy atom. The maximum Gasteiger partial charge on any atom is 0.307 e.